The van der Waals surface area contributed by atoms with Gasteiger partial charge < -0.3 is 21.3 Å². The molecule has 0 aromatic heterocycles. The molecule has 0 aliphatic rings. The van der Waals surface area contributed by atoms with E-state index in [0.717, 1.165) is 18.8 Å². The molecule has 0 aromatic carbocycles. The molecule has 0 saturated heterocycles. The van der Waals surface area contributed by atoms with Gasteiger partial charge in [-0.1, -0.05) is 13.8 Å². The van der Waals surface area contributed by atoms with Crippen LogP contribution in [0, 0.1) is 11.8 Å². The lowest BCUT2D eigenvalue weighted by Gasteiger charge is -2.34. The van der Waals surface area contributed by atoms with Crippen LogP contribution in [0.1, 0.15) is 86.5 Å². The normalized spacial score (nSPS) is 18.0. The number of hydrogen-bond donors (Lipinski definition) is 2. The lowest BCUT2D eigenvalue weighted by molar-refractivity contribution is 0.167. The standard InChI is InChI=1S/C23H52N4/c1-18(11-12-20(26(7)8)13-15-22(3,4)24)17-19(2)21(27(9)10)14-16-23(5,6)25/h18-21H,11-17,24-25H2,1-10H3. The van der Waals surface area contributed by atoms with Crippen LogP contribution in [0.25, 0.3) is 0 Å². The van der Waals surface area contributed by atoms with Crippen molar-refractivity contribution in [3.63, 3.8) is 0 Å². The fourth-order valence-electron chi connectivity index (χ4n) is 4.16. The van der Waals surface area contributed by atoms with Gasteiger partial charge in [0, 0.05) is 23.2 Å². The molecule has 0 amide bonds. The smallest absolute Gasteiger partial charge is 0.0116 e. The largest absolute Gasteiger partial charge is 0.326 e. The van der Waals surface area contributed by atoms with Gasteiger partial charge in [-0.25, -0.2) is 0 Å². The zero-order valence-electron chi connectivity index (χ0n) is 20.3. The molecule has 4 unspecified atom stereocenters. The fraction of sp³-hybridized carbons (Fsp3) is 1.00. The van der Waals surface area contributed by atoms with E-state index in [2.05, 4.69) is 79.5 Å². The second-order valence-corrected chi connectivity index (χ2v) is 11.1. The van der Waals surface area contributed by atoms with Crippen LogP contribution in [-0.2, 0) is 0 Å². The van der Waals surface area contributed by atoms with E-state index in [9.17, 15) is 0 Å². The van der Waals surface area contributed by atoms with E-state index >= 15 is 0 Å². The Kier molecular flexibility index (Phi) is 11.7. The maximum atomic E-state index is 6.22. The number of rotatable bonds is 14. The molecule has 27 heavy (non-hydrogen) atoms. The van der Waals surface area contributed by atoms with E-state index in [1.165, 1.54) is 32.1 Å². The average molecular weight is 385 g/mol. The van der Waals surface area contributed by atoms with Crippen molar-refractivity contribution >= 4 is 0 Å². The van der Waals surface area contributed by atoms with Crippen molar-refractivity contribution in [3.05, 3.63) is 0 Å². The van der Waals surface area contributed by atoms with Crippen LogP contribution in [0.4, 0.5) is 0 Å². The number of nitrogens with zero attached hydrogens (tertiary/aromatic N) is 2. The van der Waals surface area contributed by atoms with Gasteiger partial charge in [0.1, 0.15) is 0 Å². The van der Waals surface area contributed by atoms with Crippen molar-refractivity contribution in [1.82, 2.24) is 9.80 Å². The van der Waals surface area contributed by atoms with Gasteiger partial charge in [-0.05, 0) is 113 Å². The van der Waals surface area contributed by atoms with Crippen LogP contribution in [-0.4, -0.2) is 61.2 Å². The first-order valence-corrected chi connectivity index (χ1v) is 11.0. The molecule has 0 aliphatic heterocycles. The highest BCUT2D eigenvalue weighted by atomic mass is 15.1. The summed E-state index contributed by atoms with van der Waals surface area (Å²) in [5.74, 6) is 1.44. The van der Waals surface area contributed by atoms with E-state index in [-0.39, 0.29) is 11.1 Å². The van der Waals surface area contributed by atoms with Crippen LogP contribution in [0.15, 0.2) is 0 Å². The third-order valence-corrected chi connectivity index (χ3v) is 6.02. The highest BCUT2D eigenvalue weighted by Crippen LogP contribution is 2.27. The van der Waals surface area contributed by atoms with E-state index < -0.39 is 0 Å². The Labute approximate surface area is 171 Å². The Morgan fingerprint density at radius 2 is 1.19 bits per heavy atom. The Bertz CT molecular complexity index is 379. The SMILES string of the molecule is CC(CCC(CCC(C)(C)N)N(C)C)CC(C)C(CCC(C)(C)N)N(C)C. The van der Waals surface area contributed by atoms with Gasteiger partial charge in [0.2, 0.25) is 0 Å². The summed E-state index contributed by atoms with van der Waals surface area (Å²) in [6, 6.07) is 1.24. The highest BCUT2D eigenvalue weighted by molar-refractivity contribution is 4.81. The Morgan fingerprint density at radius 1 is 0.704 bits per heavy atom. The third-order valence-electron chi connectivity index (χ3n) is 6.02. The summed E-state index contributed by atoms with van der Waals surface area (Å²) in [7, 11) is 8.84. The molecular formula is C23H52N4. The van der Waals surface area contributed by atoms with E-state index in [0.29, 0.717) is 18.0 Å². The first-order chi connectivity index (χ1) is 12.1. The minimum Gasteiger partial charge on any atom is -0.326 e. The first-order valence-electron chi connectivity index (χ1n) is 11.0. The molecule has 0 saturated carbocycles. The summed E-state index contributed by atoms with van der Waals surface area (Å²) in [5.41, 5.74) is 12.3. The Hall–Kier alpha value is -0.160. The van der Waals surface area contributed by atoms with E-state index in [4.69, 9.17) is 11.5 Å². The van der Waals surface area contributed by atoms with E-state index in [1.807, 2.05) is 0 Å². The molecule has 4 N–H and O–H groups in total. The number of nitrogens with two attached hydrogens (primary N) is 2. The van der Waals surface area contributed by atoms with Gasteiger partial charge in [0.25, 0.3) is 0 Å². The zero-order valence-corrected chi connectivity index (χ0v) is 20.3. The van der Waals surface area contributed by atoms with Crippen molar-refractivity contribution < 1.29 is 0 Å². The molecule has 4 atom stereocenters. The van der Waals surface area contributed by atoms with Gasteiger partial charge in [0.05, 0.1) is 0 Å². The molecule has 0 bridgehead atoms. The Morgan fingerprint density at radius 3 is 1.59 bits per heavy atom. The van der Waals surface area contributed by atoms with Crippen LogP contribution < -0.4 is 11.5 Å². The summed E-state index contributed by atoms with van der Waals surface area (Å²) >= 11 is 0. The predicted octanol–water partition coefficient (Wildman–Crippen LogP) is 4.32. The Balaban J connectivity index is 4.55. The van der Waals surface area contributed by atoms with Crippen LogP contribution in [0.2, 0.25) is 0 Å². The first kappa shape index (κ1) is 26.8. The monoisotopic (exact) mass is 384 g/mol. The molecular weight excluding hydrogens is 332 g/mol. The average Bonchev–Trinajstić information content (AvgIpc) is 2.43. The molecule has 0 heterocycles. The highest BCUT2D eigenvalue weighted by Gasteiger charge is 2.24. The third kappa shape index (κ3) is 13.6. The van der Waals surface area contributed by atoms with Gasteiger partial charge in [0.15, 0.2) is 0 Å². The van der Waals surface area contributed by atoms with Crippen molar-refractivity contribution in [2.45, 2.75) is 110 Å². The van der Waals surface area contributed by atoms with Crippen LogP contribution in [0.3, 0.4) is 0 Å². The molecule has 0 aromatic rings. The summed E-state index contributed by atoms with van der Waals surface area (Å²) in [5, 5.41) is 0. The molecule has 4 heteroatoms. The molecule has 0 fully saturated rings. The quantitative estimate of drug-likeness (QED) is 0.468. The van der Waals surface area contributed by atoms with Crippen LogP contribution in [0.5, 0.6) is 0 Å². The zero-order chi connectivity index (χ0) is 21.4. The topological polar surface area (TPSA) is 58.5 Å². The summed E-state index contributed by atoms with van der Waals surface area (Å²) in [4.78, 5) is 4.78. The molecule has 4 nitrogen and oxygen atoms in total. The lowest BCUT2D eigenvalue weighted by atomic mass is 9.83. The molecule has 0 rings (SSSR count). The molecule has 164 valence electrons. The minimum atomic E-state index is -0.0741. The van der Waals surface area contributed by atoms with Gasteiger partial charge in [-0.3, -0.25) is 0 Å². The number of hydrogen-bond acceptors (Lipinski definition) is 4. The van der Waals surface area contributed by atoms with Crippen molar-refractivity contribution in [1.29, 1.82) is 0 Å². The second-order valence-electron chi connectivity index (χ2n) is 11.1. The van der Waals surface area contributed by atoms with Gasteiger partial charge in [-0.15, -0.1) is 0 Å². The van der Waals surface area contributed by atoms with Crippen molar-refractivity contribution in [2.75, 3.05) is 28.2 Å². The van der Waals surface area contributed by atoms with Crippen molar-refractivity contribution in [2.24, 2.45) is 23.3 Å². The van der Waals surface area contributed by atoms with Crippen LogP contribution >= 0.6 is 0 Å². The maximum absolute atomic E-state index is 6.22. The van der Waals surface area contributed by atoms with Gasteiger partial charge >= 0.3 is 0 Å². The lowest BCUT2D eigenvalue weighted by Crippen LogP contribution is -2.39. The van der Waals surface area contributed by atoms with E-state index in [1.54, 1.807) is 0 Å². The summed E-state index contributed by atoms with van der Waals surface area (Å²) in [6.07, 6.45) is 8.36. The predicted molar refractivity (Wildman–Crippen MR) is 122 cm³/mol. The van der Waals surface area contributed by atoms with Crippen molar-refractivity contribution in [3.8, 4) is 0 Å². The second kappa shape index (κ2) is 11.7. The summed E-state index contributed by atoms with van der Waals surface area (Å²) < 4.78 is 0. The molecule has 0 radical (unpaired) electrons. The molecule has 0 spiro atoms. The summed E-state index contributed by atoms with van der Waals surface area (Å²) in [6.45, 7) is 13.4. The molecule has 0 aliphatic carbocycles. The minimum absolute atomic E-state index is 0.0654. The fourth-order valence-corrected chi connectivity index (χ4v) is 4.16. The maximum Gasteiger partial charge on any atom is 0.0116 e. The van der Waals surface area contributed by atoms with Gasteiger partial charge in [-0.2, -0.15) is 0 Å².